The highest BCUT2D eigenvalue weighted by molar-refractivity contribution is 5.97. The minimum atomic E-state index is -0.593. The van der Waals surface area contributed by atoms with Crippen LogP contribution < -0.4 is 0 Å². The van der Waals surface area contributed by atoms with Gasteiger partial charge in [-0.25, -0.2) is 9.18 Å². The van der Waals surface area contributed by atoms with E-state index in [1.807, 2.05) is 0 Å². The third-order valence-electron chi connectivity index (χ3n) is 2.70. The summed E-state index contributed by atoms with van der Waals surface area (Å²) in [7, 11) is 1.26. The molecule has 0 aliphatic rings. The van der Waals surface area contributed by atoms with Gasteiger partial charge >= 0.3 is 5.97 Å². The van der Waals surface area contributed by atoms with Crippen molar-refractivity contribution in [2.75, 3.05) is 7.11 Å². The van der Waals surface area contributed by atoms with Crippen molar-refractivity contribution in [3.8, 4) is 11.3 Å². The van der Waals surface area contributed by atoms with Crippen molar-refractivity contribution in [3.63, 3.8) is 0 Å². The molecule has 4 nitrogen and oxygen atoms in total. The Hall–Kier alpha value is -2.17. The van der Waals surface area contributed by atoms with E-state index < -0.39 is 11.8 Å². The second-order valence-electron chi connectivity index (χ2n) is 3.89. The van der Waals surface area contributed by atoms with Crippen molar-refractivity contribution >= 4 is 5.97 Å². The average molecular weight is 249 g/mol. The van der Waals surface area contributed by atoms with Gasteiger partial charge in [0, 0.05) is 5.56 Å². The van der Waals surface area contributed by atoms with Crippen LogP contribution in [0, 0.1) is 19.7 Å². The van der Waals surface area contributed by atoms with Crippen molar-refractivity contribution in [1.82, 2.24) is 5.16 Å². The third-order valence-corrected chi connectivity index (χ3v) is 2.70. The Labute approximate surface area is 103 Å². The molecule has 0 fully saturated rings. The topological polar surface area (TPSA) is 52.3 Å². The fourth-order valence-corrected chi connectivity index (χ4v) is 1.73. The van der Waals surface area contributed by atoms with E-state index in [9.17, 15) is 9.18 Å². The van der Waals surface area contributed by atoms with Gasteiger partial charge < -0.3 is 9.26 Å². The number of esters is 1. The molecular weight excluding hydrogens is 237 g/mol. The zero-order chi connectivity index (χ0) is 13.3. The monoisotopic (exact) mass is 249 g/mol. The molecule has 5 heteroatoms. The molecule has 94 valence electrons. The van der Waals surface area contributed by atoms with Gasteiger partial charge in [-0.1, -0.05) is 17.3 Å². The Morgan fingerprint density at radius 2 is 2.11 bits per heavy atom. The minimum Gasteiger partial charge on any atom is -0.465 e. The van der Waals surface area contributed by atoms with Crippen LogP contribution in [0.2, 0.25) is 0 Å². The molecule has 0 saturated heterocycles. The number of halogens is 1. The molecule has 1 aromatic heterocycles. The molecule has 0 radical (unpaired) electrons. The number of rotatable bonds is 2. The van der Waals surface area contributed by atoms with Gasteiger partial charge in [-0.2, -0.15) is 0 Å². The summed E-state index contributed by atoms with van der Waals surface area (Å²) in [6.45, 7) is 3.22. The van der Waals surface area contributed by atoms with Gasteiger partial charge in [0.05, 0.1) is 7.11 Å². The maximum Gasteiger partial charge on any atom is 0.343 e. The van der Waals surface area contributed by atoms with Crippen molar-refractivity contribution in [2.45, 2.75) is 13.8 Å². The molecule has 0 aliphatic heterocycles. The van der Waals surface area contributed by atoms with E-state index in [0.717, 1.165) is 0 Å². The first-order valence-electron chi connectivity index (χ1n) is 5.36. The fraction of sp³-hybridized carbons (Fsp3) is 0.231. The molecule has 1 aromatic carbocycles. The van der Waals surface area contributed by atoms with Crippen LogP contribution in [0.4, 0.5) is 4.39 Å². The minimum absolute atomic E-state index is 0.155. The van der Waals surface area contributed by atoms with Crippen LogP contribution in [0.3, 0.4) is 0 Å². The number of hydrogen-bond acceptors (Lipinski definition) is 4. The summed E-state index contributed by atoms with van der Waals surface area (Å²) in [6, 6.07) is 4.88. The lowest BCUT2D eigenvalue weighted by Crippen LogP contribution is -2.04. The fourth-order valence-electron chi connectivity index (χ4n) is 1.73. The first-order valence-corrected chi connectivity index (χ1v) is 5.36. The maximum absolute atomic E-state index is 14.0. The quantitative estimate of drug-likeness (QED) is 0.768. The number of carbonyl (C=O) groups excluding carboxylic acids is 1. The van der Waals surface area contributed by atoms with Gasteiger partial charge in [0.1, 0.15) is 22.8 Å². The van der Waals surface area contributed by atoms with Gasteiger partial charge in [0.25, 0.3) is 0 Å². The van der Waals surface area contributed by atoms with Crippen LogP contribution >= 0.6 is 0 Å². The second kappa shape index (κ2) is 4.60. The van der Waals surface area contributed by atoms with E-state index >= 15 is 0 Å². The first-order chi connectivity index (χ1) is 8.56. The molecule has 0 bridgehead atoms. The highest BCUT2D eigenvalue weighted by Crippen LogP contribution is 2.29. The number of benzene rings is 1. The standard InChI is InChI=1S/C13H12FNO3/c1-7-5-4-6-9(11(7)14)12-10(13(16)17-3)8(2)18-15-12/h4-6H,1-3H3. The number of hydrogen-bond donors (Lipinski definition) is 0. The molecule has 2 rings (SSSR count). The van der Waals surface area contributed by atoms with E-state index in [-0.39, 0.29) is 16.8 Å². The molecule has 0 spiro atoms. The van der Waals surface area contributed by atoms with Crippen LogP contribution in [0.5, 0.6) is 0 Å². The summed E-state index contributed by atoms with van der Waals surface area (Å²) in [5.41, 5.74) is 1.03. The Morgan fingerprint density at radius 1 is 1.39 bits per heavy atom. The summed E-state index contributed by atoms with van der Waals surface area (Å²) < 4.78 is 23.6. The van der Waals surface area contributed by atoms with E-state index in [1.54, 1.807) is 32.0 Å². The molecule has 0 N–H and O–H groups in total. The van der Waals surface area contributed by atoms with Crippen molar-refractivity contribution < 1.29 is 18.4 Å². The predicted octanol–water partition coefficient (Wildman–Crippen LogP) is 2.88. The summed E-state index contributed by atoms with van der Waals surface area (Å²) in [6.07, 6.45) is 0. The molecule has 0 unspecified atom stereocenters. The van der Waals surface area contributed by atoms with Crippen LogP contribution in [-0.2, 0) is 4.74 Å². The second-order valence-corrected chi connectivity index (χ2v) is 3.89. The largest absolute Gasteiger partial charge is 0.465 e. The van der Waals surface area contributed by atoms with Gasteiger partial charge in [0.2, 0.25) is 0 Å². The summed E-state index contributed by atoms with van der Waals surface area (Å²) >= 11 is 0. The Balaban J connectivity index is 2.65. The number of methoxy groups -OCH3 is 1. The lowest BCUT2D eigenvalue weighted by molar-refractivity contribution is 0.0599. The Bertz CT molecular complexity index is 604. The lowest BCUT2D eigenvalue weighted by Gasteiger charge is -2.04. The first kappa shape index (κ1) is 12.3. The normalized spacial score (nSPS) is 10.4. The van der Waals surface area contributed by atoms with Crippen molar-refractivity contribution in [3.05, 3.63) is 40.9 Å². The van der Waals surface area contributed by atoms with Gasteiger partial charge in [-0.15, -0.1) is 0 Å². The number of aromatic nitrogens is 1. The smallest absolute Gasteiger partial charge is 0.343 e. The van der Waals surface area contributed by atoms with Gasteiger partial charge in [-0.3, -0.25) is 0 Å². The molecule has 0 saturated carbocycles. The van der Waals surface area contributed by atoms with Crippen LogP contribution in [-0.4, -0.2) is 18.2 Å². The van der Waals surface area contributed by atoms with Crippen molar-refractivity contribution in [2.24, 2.45) is 0 Å². The molecule has 0 aliphatic carbocycles. The van der Waals surface area contributed by atoms with E-state index in [1.165, 1.54) is 7.11 Å². The van der Waals surface area contributed by atoms with E-state index in [0.29, 0.717) is 11.3 Å². The van der Waals surface area contributed by atoms with E-state index in [4.69, 9.17) is 4.52 Å². The highest BCUT2D eigenvalue weighted by atomic mass is 19.1. The molecule has 0 amide bonds. The summed E-state index contributed by atoms with van der Waals surface area (Å²) in [4.78, 5) is 11.6. The zero-order valence-corrected chi connectivity index (χ0v) is 10.3. The highest BCUT2D eigenvalue weighted by Gasteiger charge is 2.24. The predicted molar refractivity (Wildman–Crippen MR) is 62.7 cm³/mol. The molecule has 2 aromatic rings. The number of ether oxygens (including phenoxy) is 1. The zero-order valence-electron chi connectivity index (χ0n) is 10.3. The average Bonchev–Trinajstić information content (AvgIpc) is 2.73. The number of aryl methyl sites for hydroxylation is 2. The summed E-state index contributed by atoms with van der Waals surface area (Å²) in [5.74, 6) is -0.710. The SMILES string of the molecule is COC(=O)c1c(-c2cccc(C)c2F)noc1C. The summed E-state index contributed by atoms with van der Waals surface area (Å²) in [5, 5.41) is 3.74. The number of carbonyl (C=O) groups is 1. The van der Waals surface area contributed by atoms with Crippen LogP contribution in [0.15, 0.2) is 22.7 Å². The Morgan fingerprint density at radius 3 is 2.78 bits per heavy atom. The van der Waals surface area contributed by atoms with Crippen molar-refractivity contribution in [1.29, 1.82) is 0 Å². The van der Waals surface area contributed by atoms with Crippen LogP contribution in [0.25, 0.3) is 11.3 Å². The third kappa shape index (κ3) is 1.88. The molecular formula is C13H12FNO3. The van der Waals surface area contributed by atoms with Gasteiger partial charge in [-0.05, 0) is 25.5 Å². The maximum atomic E-state index is 14.0. The van der Waals surface area contributed by atoms with Crippen LogP contribution in [0.1, 0.15) is 21.7 Å². The van der Waals surface area contributed by atoms with E-state index in [2.05, 4.69) is 9.89 Å². The number of nitrogens with zero attached hydrogens (tertiary/aromatic N) is 1. The molecule has 1 heterocycles. The lowest BCUT2D eigenvalue weighted by atomic mass is 10.0. The Kier molecular flexibility index (Phi) is 3.14. The molecule has 0 atom stereocenters. The van der Waals surface area contributed by atoms with Gasteiger partial charge in [0.15, 0.2) is 0 Å². The molecule has 18 heavy (non-hydrogen) atoms.